The van der Waals surface area contributed by atoms with E-state index in [1.54, 1.807) is 7.05 Å². The Morgan fingerprint density at radius 3 is 2.40 bits per heavy atom. The van der Waals surface area contributed by atoms with Crippen LogP contribution in [0.1, 0.15) is 25.7 Å². The summed E-state index contributed by atoms with van der Waals surface area (Å²) in [7, 11) is 1.66. The van der Waals surface area contributed by atoms with Gasteiger partial charge in [-0.3, -0.25) is 14.5 Å². The number of carbonyl (C=O) groups is 2. The van der Waals surface area contributed by atoms with Gasteiger partial charge in [0.1, 0.15) is 0 Å². The standard InChI is InChI=1S/C14H26N4O2/c1-15-14(20)10-18-6-4-12(5-7-18)17-13(19)9-16-8-11-2-3-11/h11-12,16H,2-10H2,1H3,(H,15,20)(H,17,19). The van der Waals surface area contributed by atoms with E-state index in [1.165, 1.54) is 12.8 Å². The maximum Gasteiger partial charge on any atom is 0.234 e. The molecule has 1 aliphatic carbocycles. The van der Waals surface area contributed by atoms with Crippen molar-refractivity contribution in [1.29, 1.82) is 0 Å². The predicted molar refractivity (Wildman–Crippen MR) is 77.3 cm³/mol. The minimum absolute atomic E-state index is 0.0526. The second-order valence-corrected chi connectivity index (χ2v) is 5.87. The Morgan fingerprint density at radius 1 is 1.10 bits per heavy atom. The Kier molecular flexibility index (Phi) is 5.79. The second-order valence-electron chi connectivity index (χ2n) is 5.87. The van der Waals surface area contributed by atoms with Gasteiger partial charge in [-0.25, -0.2) is 0 Å². The zero-order chi connectivity index (χ0) is 14.4. The van der Waals surface area contributed by atoms with Crippen molar-refractivity contribution in [3.63, 3.8) is 0 Å². The first kappa shape index (κ1) is 15.3. The van der Waals surface area contributed by atoms with Crippen molar-refractivity contribution >= 4 is 11.8 Å². The van der Waals surface area contributed by atoms with Crippen LogP contribution in [-0.4, -0.2) is 62.5 Å². The molecule has 20 heavy (non-hydrogen) atoms. The van der Waals surface area contributed by atoms with Crippen LogP contribution in [-0.2, 0) is 9.59 Å². The number of nitrogens with one attached hydrogen (secondary N) is 3. The van der Waals surface area contributed by atoms with E-state index in [4.69, 9.17) is 0 Å². The fourth-order valence-corrected chi connectivity index (χ4v) is 2.51. The lowest BCUT2D eigenvalue weighted by molar-refractivity contribution is -0.123. The highest BCUT2D eigenvalue weighted by Crippen LogP contribution is 2.27. The Labute approximate surface area is 120 Å². The van der Waals surface area contributed by atoms with Gasteiger partial charge >= 0.3 is 0 Å². The number of nitrogens with zero attached hydrogens (tertiary/aromatic N) is 1. The summed E-state index contributed by atoms with van der Waals surface area (Å²) in [6.07, 6.45) is 4.45. The Balaban J connectivity index is 1.56. The van der Waals surface area contributed by atoms with Gasteiger partial charge in [-0.2, -0.15) is 0 Å². The third-order valence-corrected chi connectivity index (χ3v) is 4.01. The number of amides is 2. The van der Waals surface area contributed by atoms with Crippen LogP contribution in [0.3, 0.4) is 0 Å². The molecule has 1 saturated carbocycles. The van der Waals surface area contributed by atoms with E-state index in [-0.39, 0.29) is 17.9 Å². The number of likely N-dealkylation sites (tertiary alicyclic amines) is 1. The first-order chi connectivity index (χ1) is 9.67. The van der Waals surface area contributed by atoms with E-state index in [0.717, 1.165) is 38.4 Å². The second kappa shape index (κ2) is 7.59. The van der Waals surface area contributed by atoms with Gasteiger partial charge in [0.25, 0.3) is 0 Å². The summed E-state index contributed by atoms with van der Waals surface area (Å²) in [4.78, 5) is 25.2. The molecule has 114 valence electrons. The summed E-state index contributed by atoms with van der Waals surface area (Å²) in [5.74, 6) is 0.947. The van der Waals surface area contributed by atoms with Crippen molar-refractivity contribution in [3.05, 3.63) is 0 Å². The molecule has 2 fully saturated rings. The van der Waals surface area contributed by atoms with E-state index >= 15 is 0 Å². The molecule has 0 aromatic heterocycles. The van der Waals surface area contributed by atoms with Crippen LogP contribution in [0.2, 0.25) is 0 Å². The van der Waals surface area contributed by atoms with E-state index in [0.29, 0.717) is 13.1 Å². The molecule has 1 saturated heterocycles. The molecule has 0 aromatic carbocycles. The summed E-state index contributed by atoms with van der Waals surface area (Å²) >= 11 is 0. The van der Waals surface area contributed by atoms with E-state index in [2.05, 4.69) is 20.9 Å². The Morgan fingerprint density at radius 2 is 1.80 bits per heavy atom. The van der Waals surface area contributed by atoms with Gasteiger partial charge in [-0.05, 0) is 38.1 Å². The first-order valence-electron chi connectivity index (χ1n) is 7.60. The lowest BCUT2D eigenvalue weighted by Crippen LogP contribution is -2.48. The fraction of sp³-hybridized carbons (Fsp3) is 0.857. The highest BCUT2D eigenvalue weighted by molar-refractivity contribution is 5.78. The molecular formula is C14H26N4O2. The molecule has 2 amide bonds. The quantitative estimate of drug-likeness (QED) is 0.578. The van der Waals surface area contributed by atoms with Crippen molar-refractivity contribution in [2.45, 2.75) is 31.7 Å². The molecule has 0 radical (unpaired) electrons. The van der Waals surface area contributed by atoms with E-state index in [1.807, 2.05) is 0 Å². The van der Waals surface area contributed by atoms with Gasteiger partial charge in [0.15, 0.2) is 0 Å². The number of hydrogen-bond donors (Lipinski definition) is 3. The van der Waals surface area contributed by atoms with Gasteiger partial charge in [0.2, 0.25) is 11.8 Å². The van der Waals surface area contributed by atoms with Gasteiger partial charge in [-0.1, -0.05) is 0 Å². The maximum atomic E-state index is 11.8. The van der Waals surface area contributed by atoms with Crippen LogP contribution in [0.5, 0.6) is 0 Å². The summed E-state index contributed by atoms with van der Waals surface area (Å²) in [5, 5.41) is 8.91. The van der Waals surface area contributed by atoms with Crippen molar-refractivity contribution in [1.82, 2.24) is 20.9 Å². The molecule has 0 unspecified atom stereocenters. The molecule has 0 aromatic rings. The van der Waals surface area contributed by atoms with Gasteiger partial charge in [0.05, 0.1) is 13.1 Å². The SMILES string of the molecule is CNC(=O)CN1CCC(NC(=O)CNCC2CC2)CC1. The molecule has 2 rings (SSSR count). The maximum absolute atomic E-state index is 11.8. The molecule has 0 spiro atoms. The zero-order valence-electron chi connectivity index (χ0n) is 12.3. The highest BCUT2D eigenvalue weighted by atomic mass is 16.2. The average Bonchev–Trinajstić information content (AvgIpc) is 3.25. The Bertz CT molecular complexity index is 336. The summed E-state index contributed by atoms with van der Waals surface area (Å²) in [6, 6.07) is 0.256. The number of likely N-dealkylation sites (N-methyl/N-ethyl adjacent to an activating group) is 1. The van der Waals surface area contributed by atoms with Gasteiger partial charge in [0, 0.05) is 26.2 Å². The van der Waals surface area contributed by atoms with Crippen LogP contribution in [0.15, 0.2) is 0 Å². The Hall–Kier alpha value is -1.14. The largest absolute Gasteiger partial charge is 0.358 e. The summed E-state index contributed by atoms with van der Waals surface area (Å²) in [5.41, 5.74) is 0. The smallest absolute Gasteiger partial charge is 0.234 e. The molecule has 0 bridgehead atoms. The van der Waals surface area contributed by atoms with E-state index in [9.17, 15) is 9.59 Å². The number of rotatable bonds is 7. The zero-order valence-corrected chi connectivity index (χ0v) is 12.3. The molecule has 0 atom stereocenters. The molecule has 6 nitrogen and oxygen atoms in total. The van der Waals surface area contributed by atoms with Crippen molar-refractivity contribution in [3.8, 4) is 0 Å². The topological polar surface area (TPSA) is 73.5 Å². The molecular weight excluding hydrogens is 256 g/mol. The van der Waals surface area contributed by atoms with Crippen LogP contribution in [0.25, 0.3) is 0 Å². The third-order valence-electron chi connectivity index (χ3n) is 4.01. The molecule has 3 N–H and O–H groups in total. The molecule has 1 aliphatic heterocycles. The normalized spacial score (nSPS) is 20.6. The van der Waals surface area contributed by atoms with Crippen molar-refractivity contribution < 1.29 is 9.59 Å². The first-order valence-corrected chi connectivity index (χ1v) is 7.60. The third kappa shape index (κ3) is 5.46. The fourth-order valence-electron chi connectivity index (χ4n) is 2.51. The summed E-state index contributed by atoms with van der Waals surface area (Å²) in [6.45, 7) is 3.59. The minimum Gasteiger partial charge on any atom is -0.358 e. The van der Waals surface area contributed by atoms with Crippen LogP contribution in [0.4, 0.5) is 0 Å². The number of carbonyl (C=O) groups excluding carboxylic acids is 2. The van der Waals surface area contributed by atoms with Gasteiger partial charge < -0.3 is 16.0 Å². The number of hydrogen-bond acceptors (Lipinski definition) is 4. The lowest BCUT2D eigenvalue weighted by Gasteiger charge is -2.31. The highest BCUT2D eigenvalue weighted by Gasteiger charge is 2.23. The average molecular weight is 282 g/mol. The number of piperidine rings is 1. The molecule has 1 heterocycles. The van der Waals surface area contributed by atoms with Crippen LogP contribution < -0.4 is 16.0 Å². The van der Waals surface area contributed by atoms with Crippen molar-refractivity contribution in [2.75, 3.05) is 39.8 Å². The molecule has 2 aliphatic rings. The lowest BCUT2D eigenvalue weighted by atomic mass is 10.1. The summed E-state index contributed by atoms with van der Waals surface area (Å²) < 4.78 is 0. The predicted octanol–water partition coefficient (Wildman–Crippen LogP) is -0.687. The minimum atomic E-state index is 0.0526. The van der Waals surface area contributed by atoms with Gasteiger partial charge in [-0.15, -0.1) is 0 Å². The van der Waals surface area contributed by atoms with Crippen LogP contribution in [0, 0.1) is 5.92 Å². The van der Waals surface area contributed by atoms with Crippen molar-refractivity contribution in [2.24, 2.45) is 5.92 Å². The molecule has 6 heteroatoms. The van der Waals surface area contributed by atoms with E-state index < -0.39 is 0 Å². The van der Waals surface area contributed by atoms with Crippen LogP contribution >= 0.6 is 0 Å². The monoisotopic (exact) mass is 282 g/mol.